The van der Waals surface area contributed by atoms with Crippen LogP contribution in [0.25, 0.3) is 17.0 Å². The molecule has 2 N–H and O–H groups in total. The Labute approximate surface area is 147 Å². The van der Waals surface area contributed by atoms with Crippen molar-refractivity contribution >= 4 is 51.8 Å². The van der Waals surface area contributed by atoms with Crippen molar-refractivity contribution in [2.45, 2.75) is 0 Å². The molecule has 4 nitrogen and oxygen atoms in total. The quantitative estimate of drug-likeness (QED) is 0.677. The van der Waals surface area contributed by atoms with Crippen molar-refractivity contribution in [2.75, 3.05) is 5.32 Å². The maximum absolute atomic E-state index is 12.0. The first-order valence-corrected chi connectivity index (χ1v) is 7.85. The second-order valence-electron chi connectivity index (χ2n) is 5.09. The fourth-order valence-electron chi connectivity index (χ4n) is 2.21. The maximum Gasteiger partial charge on any atom is 0.255 e. The van der Waals surface area contributed by atoms with Crippen LogP contribution in [0.5, 0.6) is 0 Å². The van der Waals surface area contributed by atoms with Crippen molar-refractivity contribution in [1.82, 2.24) is 4.98 Å². The van der Waals surface area contributed by atoms with Crippen molar-refractivity contribution in [3.63, 3.8) is 0 Å². The number of aromatic amines is 1. The minimum Gasteiger partial charge on any atom is -0.322 e. The van der Waals surface area contributed by atoms with Crippen molar-refractivity contribution in [1.29, 1.82) is 0 Å². The van der Waals surface area contributed by atoms with Gasteiger partial charge in [-0.1, -0.05) is 41.4 Å². The van der Waals surface area contributed by atoms with Gasteiger partial charge in [0.25, 0.3) is 5.56 Å². The number of pyridine rings is 1. The number of aromatic nitrogens is 1. The Bertz CT molecular complexity index is 1010. The fourth-order valence-corrected chi connectivity index (χ4v) is 2.51. The summed E-state index contributed by atoms with van der Waals surface area (Å²) in [6.45, 7) is 0. The zero-order valence-electron chi connectivity index (χ0n) is 12.3. The van der Waals surface area contributed by atoms with Crippen molar-refractivity contribution in [2.24, 2.45) is 0 Å². The number of para-hydroxylation sites is 1. The standard InChI is InChI=1S/C18H12Cl2N2O2/c19-14-7-6-13(10-15(14)20)21-17(23)8-5-12-9-11-3-1-2-4-16(11)22-18(12)24/h1-10H,(H,21,23)(H,22,24)/b8-5+. The molecule has 0 saturated heterocycles. The van der Waals surface area contributed by atoms with Gasteiger partial charge in [-0.3, -0.25) is 9.59 Å². The number of benzene rings is 2. The molecule has 1 aromatic heterocycles. The Morgan fingerprint density at radius 3 is 2.62 bits per heavy atom. The van der Waals surface area contributed by atoms with E-state index >= 15 is 0 Å². The van der Waals surface area contributed by atoms with Gasteiger partial charge in [0.2, 0.25) is 5.91 Å². The number of hydrogen-bond acceptors (Lipinski definition) is 2. The van der Waals surface area contributed by atoms with Crippen LogP contribution in [0.1, 0.15) is 5.56 Å². The van der Waals surface area contributed by atoms with E-state index in [0.29, 0.717) is 21.3 Å². The van der Waals surface area contributed by atoms with Gasteiger partial charge in [-0.2, -0.15) is 0 Å². The number of rotatable bonds is 3. The molecule has 0 unspecified atom stereocenters. The highest BCUT2D eigenvalue weighted by Crippen LogP contribution is 2.25. The fraction of sp³-hybridized carbons (Fsp3) is 0. The van der Waals surface area contributed by atoms with Gasteiger partial charge in [-0.25, -0.2) is 0 Å². The van der Waals surface area contributed by atoms with Crippen LogP contribution < -0.4 is 10.9 Å². The average Bonchev–Trinajstić information content (AvgIpc) is 2.56. The summed E-state index contributed by atoms with van der Waals surface area (Å²) in [5, 5.41) is 4.31. The molecule has 0 radical (unpaired) electrons. The van der Waals surface area contributed by atoms with E-state index in [1.54, 1.807) is 24.3 Å². The Morgan fingerprint density at radius 2 is 1.83 bits per heavy atom. The van der Waals surface area contributed by atoms with Gasteiger partial charge >= 0.3 is 0 Å². The van der Waals surface area contributed by atoms with E-state index < -0.39 is 0 Å². The first-order valence-electron chi connectivity index (χ1n) is 7.09. The lowest BCUT2D eigenvalue weighted by atomic mass is 10.1. The van der Waals surface area contributed by atoms with Crippen molar-refractivity contribution in [3.8, 4) is 0 Å². The zero-order chi connectivity index (χ0) is 17.1. The molecule has 2 aromatic carbocycles. The third-order valence-corrected chi connectivity index (χ3v) is 4.12. The van der Waals surface area contributed by atoms with E-state index in [9.17, 15) is 9.59 Å². The lowest BCUT2D eigenvalue weighted by molar-refractivity contribution is -0.111. The Kier molecular flexibility index (Phi) is 4.69. The number of fused-ring (bicyclic) bond motifs is 1. The topological polar surface area (TPSA) is 62.0 Å². The van der Waals surface area contributed by atoms with Gasteiger partial charge in [0.1, 0.15) is 0 Å². The summed E-state index contributed by atoms with van der Waals surface area (Å²) in [6, 6.07) is 14.0. The molecule has 3 rings (SSSR count). The smallest absolute Gasteiger partial charge is 0.255 e. The summed E-state index contributed by atoms with van der Waals surface area (Å²) in [6.07, 6.45) is 2.76. The van der Waals surface area contributed by atoms with E-state index in [-0.39, 0.29) is 11.5 Å². The van der Waals surface area contributed by atoms with Crippen molar-refractivity contribution < 1.29 is 4.79 Å². The highest BCUT2D eigenvalue weighted by atomic mass is 35.5. The van der Waals surface area contributed by atoms with Crippen LogP contribution in [-0.4, -0.2) is 10.9 Å². The predicted molar refractivity (Wildman–Crippen MR) is 98.7 cm³/mol. The van der Waals surface area contributed by atoms with Crippen LogP contribution >= 0.6 is 23.2 Å². The van der Waals surface area contributed by atoms with Gasteiger partial charge in [0, 0.05) is 22.8 Å². The number of anilines is 1. The molecule has 0 atom stereocenters. The van der Waals surface area contributed by atoms with Crippen LogP contribution in [0.3, 0.4) is 0 Å². The van der Waals surface area contributed by atoms with Gasteiger partial charge in [0.15, 0.2) is 0 Å². The van der Waals surface area contributed by atoms with E-state index in [4.69, 9.17) is 23.2 Å². The largest absolute Gasteiger partial charge is 0.322 e. The first kappa shape index (κ1) is 16.3. The summed E-state index contributed by atoms with van der Waals surface area (Å²) in [5.41, 5.74) is 1.41. The molecular weight excluding hydrogens is 347 g/mol. The molecule has 0 aliphatic carbocycles. The monoisotopic (exact) mass is 358 g/mol. The number of nitrogens with one attached hydrogen (secondary N) is 2. The number of H-pyrrole nitrogens is 1. The maximum atomic E-state index is 12.0. The third-order valence-electron chi connectivity index (χ3n) is 3.38. The molecule has 1 heterocycles. The third kappa shape index (κ3) is 3.67. The summed E-state index contributed by atoms with van der Waals surface area (Å²) >= 11 is 11.7. The van der Waals surface area contributed by atoms with Crippen molar-refractivity contribution in [3.05, 3.63) is 80.6 Å². The normalized spacial score (nSPS) is 11.1. The molecule has 0 aliphatic rings. The molecule has 0 bridgehead atoms. The number of amides is 1. The highest BCUT2D eigenvalue weighted by Gasteiger charge is 2.03. The first-order chi connectivity index (χ1) is 11.5. The van der Waals surface area contributed by atoms with Gasteiger partial charge in [0.05, 0.1) is 10.0 Å². The number of carbonyl (C=O) groups is 1. The zero-order valence-corrected chi connectivity index (χ0v) is 13.9. The average molecular weight is 359 g/mol. The number of halogens is 2. The Morgan fingerprint density at radius 1 is 1.04 bits per heavy atom. The number of hydrogen-bond donors (Lipinski definition) is 2. The second-order valence-corrected chi connectivity index (χ2v) is 5.91. The number of carbonyl (C=O) groups excluding carboxylic acids is 1. The minimum atomic E-state index is -0.374. The molecule has 24 heavy (non-hydrogen) atoms. The molecule has 6 heteroatoms. The Balaban J connectivity index is 1.79. The van der Waals surface area contributed by atoms with E-state index in [0.717, 1.165) is 10.9 Å². The molecule has 0 aliphatic heterocycles. The lowest BCUT2D eigenvalue weighted by Gasteiger charge is -2.03. The van der Waals surface area contributed by atoms with E-state index in [1.165, 1.54) is 12.2 Å². The molecule has 120 valence electrons. The second kappa shape index (κ2) is 6.91. The molecular formula is C18H12Cl2N2O2. The highest BCUT2D eigenvalue weighted by molar-refractivity contribution is 6.42. The molecule has 0 fully saturated rings. The van der Waals surface area contributed by atoms with Crippen LogP contribution in [-0.2, 0) is 4.79 Å². The molecule has 1 amide bonds. The van der Waals surface area contributed by atoms with Gasteiger partial charge in [-0.05, 0) is 41.8 Å². The molecule has 0 spiro atoms. The SMILES string of the molecule is O=C(/C=C/c1cc2ccccc2[nH]c1=O)Nc1ccc(Cl)c(Cl)c1. The van der Waals surface area contributed by atoms with Gasteiger partial charge in [-0.15, -0.1) is 0 Å². The molecule has 3 aromatic rings. The van der Waals surface area contributed by atoms with Crippen LogP contribution in [0, 0.1) is 0 Å². The Hall–Kier alpha value is -2.56. The van der Waals surface area contributed by atoms with Gasteiger partial charge < -0.3 is 10.3 Å². The van der Waals surface area contributed by atoms with Crippen LogP contribution in [0.15, 0.2) is 59.4 Å². The van der Waals surface area contributed by atoms with E-state index in [1.807, 2.05) is 24.3 Å². The summed E-state index contributed by atoms with van der Waals surface area (Å²) < 4.78 is 0. The van der Waals surface area contributed by atoms with Crippen LogP contribution in [0.2, 0.25) is 10.0 Å². The lowest BCUT2D eigenvalue weighted by Crippen LogP contribution is -2.11. The van der Waals surface area contributed by atoms with E-state index in [2.05, 4.69) is 10.3 Å². The predicted octanol–water partition coefficient (Wildman–Crippen LogP) is 4.49. The minimum absolute atomic E-state index is 0.257. The summed E-state index contributed by atoms with van der Waals surface area (Å²) in [5.74, 6) is -0.374. The van der Waals surface area contributed by atoms with Crippen LogP contribution in [0.4, 0.5) is 5.69 Å². The summed E-state index contributed by atoms with van der Waals surface area (Å²) in [4.78, 5) is 26.8. The molecule has 0 saturated carbocycles. The summed E-state index contributed by atoms with van der Waals surface area (Å²) in [7, 11) is 0.